The predicted molar refractivity (Wildman–Crippen MR) is 82.2 cm³/mol. The van der Waals surface area contributed by atoms with E-state index in [1.165, 1.54) is 37.4 Å². The third kappa shape index (κ3) is 2.96. The highest BCUT2D eigenvalue weighted by Gasteiger charge is 2.26. The topological polar surface area (TPSA) is 83.6 Å². The number of halogens is 2. The number of phenolic OH excluding ortho intramolecular Hbond substituents is 1. The molecule has 3 N–H and O–H groups in total. The quantitative estimate of drug-likeness (QED) is 0.808. The van der Waals surface area contributed by atoms with Crippen molar-refractivity contribution in [2.45, 2.75) is 4.90 Å². The van der Waals surface area contributed by atoms with Gasteiger partial charge in [-0.3, -0.25) is 4.31 Å². The maximum atomic E-state index is 14.1. The molecule has 0 amide bonds. The highest BCUT2D eigenvalue weighted by molar-refractivity contribution is 9.10. The summed E-state index contributed by atoms with van der Waals surface area (Å²) in [4.78, 5) is -0.523. The molecule has 0 spiro atoms. The lowest BCUT2D eigenvalue weighted by Crippen LogP contribution is -2.27. The molecule has 0 saturated heterocycles. The largest absolute Gasteiger partial charge is 0.508 e. The lowest BCUT2D eigenvalue weighted by atomic mass is 10.3. The summed E-state index contributed by atoms with van der Waals surface area (Å²) in [5.74, 6) is -0.905. The minimum Gasteiger partial charge on any atom is -0.508 e. The number of nitrogen functional groups attached to an aromatic ring is 1. The van der Waals surface area contributed by atoms with Crippen molar-refractivity contribution >= 4 is 37.3 Å². The Morgan fingerprint density at radius 2 is 1.81 bits per heavy atom. The van der Waals surface area contributed by atoms with Crippen molar-refractivity contribution in [1.29, 1.82) is 0 Å². The number of nitrogens with zero attached hydrogens (tertiary/aromatic N) is 1. The molecule has 2 rings (SSSR count). The highest BCUT2D eigenvalue weighted by atomic mass is 79.9. The molecule has 0 bridgehead atoms. The summed E-state index contributed by atoms with van der Waals surface area (Å²) in [6.07, 6.45) is 0. The number of rotatable bonds is 3. The monoisotopic (exact) mass is 374 g/mol. The Labute approximate surface area is 130 Å². The number of anilines is 2. The highest BCUT2D eigenvalue weighted by Crippen LogP contribution is 2.30. The van der Waals surface area contributed by atoms with Crippen LogP contribution < -0.4 is 10.0 Å². The second-order valence-corrected chi connectivity index (χ2v) is 7.10. The van der Waals surface area contributed by atoms with E-state index in [1.54, 1.807) is 0 Å². The molecular weight excluding hydrogens is 363 g/mol. The molecule has 2 aromatic rings. The summed E-state index contributed by atoms with van der Waals surface area (Å²) in [6, 6.07) is 7.85. The first-order chi connectivity index (χ1) is 9.73. The van der Waals surface area contributed by atoms with Crippen molar-refractivity contribution in [3.63, 3.8) is 0 Å². The first-order valence-corrected chi connectivity index (χ1v) is 7.99. The Hall–Kier alpha value is -1.80. The third-order valence-electron chi connectivity index (χ3n) is 2.87. The maximum absolute atomic E-state index is 14.1. The van der Waals surface area contributed by atoms with Crippen LogP contribution in [-0.2, 0) is 10.0 Å². The molecule has 0 aliphatic rings. The van der Waals surface area contributed by atoms with Crippen LogP contribution in [0.25, 0.3) is 0 Å². The zero-order valence-electron chi connectivity index (χ0n) is 10.9. The van der Waals surface area contributed by atoms with Gasteiger partial charge in [0.15, 0.2) is 5.82 Å². The zero-order valence-corrected chi connectivity index (χ0v) is 13.3. The minimum absolute atomic E-state index is 0.00225. The van der Waals surface area contributed by atoms with Gasteiger partial charge in [0, 0.05) is 12.7 Å². The number of aromatic hydroxyl groups is 1. The fourth-order valence-electron chi connectivity index (χ4n) is 1.72. The van der Waals surface area contributed by atoms with Gasteiger partial charge in [0.25, 0.3) is 10.0 Å². The van der Waals surface area contributed by atoms with E-state index in [-0.39, 0.29) is 21.6 Å². The van der Waals surface area contributed by atoms with E-state index in [9.17, 15) is 17.9 Å². The van der Waals surface area contributed by atoms with E-state index in [0.717, 1.165) is 10.4 Å². The molecule has 0 fully saturated rings. The Morgan fingerprint density at radius 3 is 2.38 bits per heavy atom. The summed E-state index contributed by atoms with van der Waals surface area (Å²) >= 11 is 2.93. The second-order valence-electron chi connectivity index (χ2n) is 4.30. The van der Waals surface area contributed by atoms with E-state index in [2.05, 4.69) is 15.9 Å². The van der Waals surface area contributed by atoms with Gasteiger partial charge in [-0.25, -0.2) is 12.8 Å². The molecule has 0 aliphatic carbocycles. The number of nitrogens with two attached hydrogens (primary N) is 1. The van der Waals surface area contributed by atoms with Crippen LogP contribution in [0.15, 0.2) is 45.8 Å². The molecule has 0 unspecified atom stereocenters. The molecule has 5 nitrogen and oxygen atoms in total. The lowest BCUT2D eigenvalue weighted by Gasteiger charge is -2.20. The molecule has 0 aliphatic heterocycles. The summed E-state index contributed by atoms with van der Waals surface area (Å²) < 4.78 is 39.9. The third-order valence-corrected chi connectivity index (χ3v) is 5.23. The van der Waals surface area contributed by atoms with Gasteiger partial charge in [0.1, 0.15) is 10.6 Å². The van der Waals surface area contributed by atoms with E-state index >= 15 is 0 Å². The van der Waals surface area contributed by atoms with Gasteiger partial charge < -0.3 is 10.8 Å². The summed E-state index contributed by atoms with van der Waals surface area (Å²) in [7, 11) is -2.82. The van der Waals surface area contributed by atoms with E-state index < -0.39 is 20.7 Å². The molecule has 0 atom stereocenters. The Kier molecular flexibility index (Phi) is 4.11. The van der Waals surface area contributed by atoms with Gasteiger partial charge in [0.2, 0.25) is 0 Å². The van der Waals surface area contributed by atoms with Crippen LogP contribution in [0.1, 0.15) is 0 Å². The smallest absolute Gasteiger partial charge is 0.267 e. The van der Waals surface area contributed by atoms with Crippen LogP contribution in [0.2, 0.25) is 0 Å². The number of phenols is 1. The fourth-order valence-corrected chi connectivity index (χ4v) is 3.65. The first-order valence-electron chi connectivity index (χ1n) is 5.76. The first kappa shape index (κ1) is 15.6. The average molecular weight is 375 g/mol. The molecule has 8 heteroatoms. The van der Waals surface area contributed by atoms with Crippen LogP contribution in [0.5, 0.6) is 5.75 Å². The minimum atomic E-state index is -4.11. The molecule has 0 aromatic heterocycles. The number of sulfonamides is 1. The number of hydrogen-bond donors (Lipinski definition) is 2. The van der Waals surface area contributed by atoms with Crippen molar-refractivity contribution in [2.75, 3.05) is 17.1 Å². The molecule has 112 valence electrons. The SMILES string of the molecule is CN(c1ccc(O)cc1)S(=O)(=O)c1cc(N)cc(Br)c1F. The molecule has 2 aromatic carbocycles. The predicted octanol–water partition coefficient (Wildman–Crippen LogP) is 2.70. The molecule has 0 saturated carbocycles. The second kappa shape index (κ2) is 5.53. The van der Waals surface area contributed by atoms with Crippen molar-refractivity contribution in [2.24, 2.45) is 0 Å². The zero-order chi connectivity index (χ0) is 15.8. The number of benzene rings is 2. The Bertz CT molecular complexity index is 779. The van der Waals surface area contributed by atoms with E-state index in [0.29, 0.717) is 0 Å². The van der Waals surface area contributed by atoms with E-state index in [4.69, 9.17) is 5.73 Å². The van der Waals surface area contributed by atoms with Gasteiger partial charge in [-0.2, -0.15) is 0 Å². The van der Waals surface area contributed by atoms with Gasteiger partial charge >= 0.3 is 0 Å². The number of hydrogen-bond acceptors (Lipinski definition) is 4. The van der Waals surface area contributed by atoms with Crippen molar-refractivity contribution < 1.29 is 17.9 Å². The average Bonchev–Trinajstić information content (AvgIpc) is 2.42. The molecule has 0 heterocycles. The Balaban J connectivity index is 2.54. The molecule has 21 heavy (non-hydrogen) atoms. The fraction of sp³-hybridized carbons (Fsp3) is 0.0769. The van der Waals surface area contributed by atoms with Gasteiger partial charge in [-0.05, 0) is 52.3 Å². The molecular formula is C13H12BrFN2O3S. The maximum Gasteiger partial charge on any atom is 0.267 e. The van der Waals surface area contributed by atoms with Crippen molar-refractivity contribution in [3.8, 4) is 5.75 Å². The van der Waals surface area contributed by atoms with Gasteiger partial charge in [-0.1, -0.05) is 0 Å². The van der Waals surface area contributed by atoms with Crippen molar-refractivity contribution in [3.05, 3.63) is 46.7 Å². The van der Waals surface area contributed by atoms with Crippen molar-refractivity contribution in [1.82, 2.24) is 0 Å². The Morgan fingerprint density at radius 1 is 1.24 bits per heavy atom. The van der Waals surface area contributed by atoms with Crippen LogP contribution in [0, 0.1) is 5.82 Å². The molecule has 0 radical (unpaired) electrons. The lowest BCUT2D eigenvalue weighted by molar-refractivity contribution is 0.475. The van der Waals surface area contributed by atoms with Crippen LogP contribution >= 0.6 is 15.9 Å². The van der Waals surface area contributed by atoms with Crippen LogP contribution in [0.4, 0.5) is 15.8 Å². The standard InChI is InChI=1S/C13H12BrFN2O3S/c1-17(9-2-4-10(18)5-3-9)21(19,20)12-7-8(16)6-11(14)13(12)15/h2-7,18H,16H2,1H3. The normalized spacial score (nSPS) is 11.4. The summed E-state index contributed by atoms with van der Waals surface area (Å²) in [5, 5.41) is 9.22. The van der Waals surface area contributed by atoms with Gasteiger partial charge in [0.05, 0.1) is 10.2 Å². The van der Waals surface area contributed by atoms with Crippen LogP contribution in [-0.4, -0.2) is 20.6 Å². The summed E-state index contributed by atoms with van der Waals surface area (Å²) in [6.45, 7) is 0. The van der Waals surface area contributed by atoms with Crippen LogP contribution in [0.3, 0.4) is 0 Å². The van der Waals surface area contributed by atoms with Gasteiger partial charge in [-0.15, -0.1) is 0 Å². The summed E-state index contributed by atoms with van der Waals surface area (Å²) in [5.41, 5.74) is 5.98. The van der Waals surface area contributed by atoms with E-state index in [1.807, 2.05) is 0 Å².